The topological polar surface area (TPSA) is 20.2 Å². The molecule has 2 fully saturated rings. The molecule has 2 aliphatic rings. The molecule has 2 heteroatoms. The second kappa shape index (κ2) is 2.98. The molecular weight excluding hydrogens is 156 g/mol. The van der Waals surface area contributed by atoms with Crippen LogP contribution in [0, 0.1) is 5.92 Å². The van der Waals surface area contributed by atoms with Crippen LogP contribution in [0.2, 0.25) is 0 Å². The zero-order valence-electron chi connectivity index (χ0n) is 6.88. The number of rotatable bonds is 1. The van der Waals surface area contributed by atoms with Gasteiger partial charge in [-0.25, -0.2) is 0 Å². The van der Waals surface area contributed by atoms with E-state index in [1.807, 2.05) is 11.8 Å². The van der Waals surface area contributed by atoms with E-state index in [4.69, 9.17) is 0 Å². The molecule has 64 valence electrons. The smallest absolute Gasteiger partial charge is 0.0773 e. The molecule has 2 rings (SSSR count). The lowest BCUT2D eigenvalue weighted by atomic mass is 9.86. The fourth-order valence-corrected chi connectivity index (χ4v) is 3.73. The zero-order chi connectivity index (χ0) is 7.73. The average Bonchev–Trinajstić information content (AvgIpc) is 2.55. The second-order valence-corrected chi connectivity index (χ2v) is 4.99. The van der Waals surface area contributed by atoms with Crippen molar-refractivity contribution in [1.29, 1.82) is 0 Å². The summed E-state index contributed by atoms with van der Waals surface area (Å²) >= 11 is 1.92. The van der Waals surface area contributed by atoms with Crippen LogP contribution >= 0.6 is 11.8 Å². The van der Waals surface area contributed by atoms with E-state index in [2.05, 4.69) is 0 Å². The number of aliphatic hydroxyl groups is 1. The Morgan fingerprint density at radius 3 is 2.55 bits per heavy atom. The first-order valence-electron chi connectivity index (χ1n) is 4.61. The van der Waals surface area contributed by atoms with Crippen LogP contribution in [0.1, 0.15) is 32.1 Å². The Morgan fingerprint density at radius 2 is 2.00 bits per heavy atom. The van der Waals surface area contributed by atoms with Crippen LogP contribution in [-0.4, -0.2) is 22.2 Å². The fraction of sp³-hybridized carbons (Fsp3) is 1.00. The van der Waals surface area contributed by atoms with Crippen molar-refractivity contribution in [3.05, 3.63) is 0 Å². The van der Waals surface area contributed by atoms with E-state index in [9.17, 15) is 5.11 Å². The van der Waals surface area contributed by atoms with Gasteiger partial charge in [-0.05, 0) is 30.9 Å². The quantitative estimate of drug-likeness (QED) is 0.653. The third kappa shape index (κ3) is 1.43. The van der Waals surface area contributed by atoms with Crippen LogP contribution in [0.5, 0.6) is 0 Å². The van der Waals surface area contributed by atoms with Gasteiger partial charge in [-0.3, -0.25) is 0 Å². The fourth-order valence-electron chi connectivity index (χ4n) is 2.36. The summed E-state index contributed by atoms with van der Waals surface area (Å²) in [5.41, 5.74) is -0.263. The highest BCUT2D eigenvalue weighted by Crippen LogP contribution is 2.41. The molecule has 0 amide bonds. The molecule has 1 saturated carbocycles. The molecule has 1 N–H and O–H groups in total. The van der Waals surface area contributed by atoms with Gasteiger partial charge in [0.2, 0.25) is 0 Å². The predicted octanol–water partition coefficient (Wildman–Crippen LogP) is 2.04. The Hall–Kier alpha value is 0.310. The van der Waals surface area contributed by atoms with Crippen LogP contribution in [0.4, 0.5) is 0 Å². The summed E-state index contributed by atoms with van der Waals surface area (Å²) in [5, 5.41) is 10.2. The zero-order valence-corrected chi connectivity index (χ0v) is 7.70. The molecule has 1 unspecified atom stereocenters. The van der Waals surface area contributed by atoms with E-state index < -0.39 is 0 Å². The maximum atomic E-state index is 10.2. The van der Waals surface area contributed by atoms with E-state index in [0.717, 1.165) is 12.2 Å². The molecule has 11 heavy (non-hydrogen) atoms. The summed E-state index contributed by atoms with van der Waals surface area (Å²) in [6, 6.07) is 0. The molecule has 1 aliphatic heterocycles. The van der Waals surface area contributed by atoms with Crippen molar-refractivity contribution in [3.63, 3.8) is 0 Å². The van der Waals surface area contributed by atoms with Crippen molar-refractivity contribution in [3.8, 4) is 0 Å². The minimum Gasteiger partial charge on any atom is -0.389 e. The molecule has 0 bridgehead atoms. The third-order valence-corrected chi connectivity index (χ3v) is 4.34. The van der Waals surface area contributed by atoms with E-state index in [0.29, 0.717) is 5.92 Å². The lowest BCUT2D eigenvalue weighted by Gasteiger charge is -2.28. The molecule has 1 aliphatic carbocycles. The van der Waals surface area contributed by atoms with E-state index in [1.54, 1.807) is 0 Å². The highest BCUT2D eigenvalue weighted by Gasteiger charge is 2.40. The van der Waals surface area contributed by atoms with Crippen molar-refractivity contribution in [1.82, 2.24) is 0 Å². The van der Waals surface area contributed by atoms with Gasteiger partial charge in [0.1, 0.15) is 0 Å². The van der Waals surface area contributed by atoms with Gasteiger partial charge in [-0.1, -0.05) is 12.8 Å². The van der Waals surface area contributed by atoms with Crippen LogP contribution in [0.25, 0.3) is 0 Å². The summed E-state index contributed by atoms with van der Waals surface area (Å²) in [6.45, 7) is 0. The molecule has 1 saturated heterocycles. The standard InChI is InChI=1S/C9H16OS/c10-9(5-6-11-7-9)8-3-1-2-4-8/h8,10H,1-7H2. The van der Waals surface area contributed by atoms with Crippen molar-refractivity contribution in [2.45, 2.75) is 37.7 Å². The average molecular weight is 172 g/mol. The monoisotopic (exact) mass is 172 g/mol. The number of hydrogen-bond acceptors (Lipinski definition) is 2. The molecule has 1 atom stereocenters. The second-order valence-electron chi connectivity index (χ2n) is 3.89. The molecule has 0 aromatic rings. The molecule has 0 aromatic carbocycles. The third-order valence-electron chi connectivity index (χ3n) is 3.15. The largest absolute Gasteiger partial charge is 0.389 e. The lowest BCUT2D eigenvalue weighted by molar-refractivity contribution is 0.00919. The van der Waals surface area contributed by atoms with Gasteiger partial charge < -0.3 is 5.11 Å². The van der Waals surface area contributed by atoms with E-state index in [1.165, 1.54) is 31.4 Å². The van der Waals surface area contributed by atoms with Gasteiger partial charge in [-0.15, -0.1) is 0 Å². The van der Waals surface area contributed by atoms with Gasteiger partial charge >= 0.3 is 0 Å². The predicted molar refractivity (Wildman–Crippen MR) is 48.8 cm³/mol. The molecule has 0 radical (unpaired) electrons. The van der Waals surface area contributed by atoms with Gasteiger partial charge in [0.15, 0.2) is 0 Å². The van der Waals surface area contributed by atoms with E-state index >= 15 is 0 Å². The summed E-state index contributed by atoms with van der Waals surface area (Å²) in [5.74, 6) is 2.81. The Balaban J connectivity index is 2.00. The molecule has 0 aromatic heterocycles. The van der Waals surface area contributed by atoms with E-state index in [-0.39, 0.29) is 5.60 Å². The normalized spacial score (nSPS) is 40.1. The number of hydrogen-bond donors (Lipinski definition) is 1. The first kappa shape index (κ1) is 7.93. The van der Waals surface area contributed by atoms with Crippen molar-refractivity contribution in [2.24, 2.45) is 5.92 Å². The van der Waals surface area contributed by atoms with Crippen molar-refractivity contribution < 1.29 is 5.11 Å². The summed E-state index contributed by atoms with van der Waals surface area (Å²) < 4.78 is 0. The van der Waals surface area contributed by atoms with Gasteiger partial charge in [0.25, 0.3) is 0 Å². The Bertz CT molecular complexity index is 134. The van der Waals surface area contributed by atoms with Crippen LogP contribution < -0.4 is 0 Å². The summed E-state index contributed by atoms with van der Waals surface area (Å²) in [4.78, 5) is 0. The number of thioether (sulfide) groups is 1. The van der Waals surface area contributed by atoms with Gasteiger partial charge in [0, 0.05) is 5.75 Å². The van der Waals surface area contributed by atoms with Crippen LogP contribution in [-0.2, 0) is 0 Å². The molecule has 1 heterocycles. The molecule has 1 nitrogen and oxygen atoms in total. The minimum atomic E-state index is -0.263. The first-order valence-corrected chi connectivity index (χ1v) is 5.77. The minimum absolute atomic E-state index is 0.263. The SMILES string of the molecule is OC1(C2CCCC2)CCSC1. The van der Waals surface area contributed by atoms with Crippen LogP contribution in [0.15, 0.2) is 0 Å². The highest BCUT2D eigenvalue weighted by molar-refractivity contribution is 7.99. The summed E-state index contributed by atoms with van der Waals surface area (Å²) in [7, 11) is 0. The maximum absolute atomic E-state index is 10.2. The maximum Gasteiger partial charge on any atom is 0.0773 e. The highest BCUT2D eigenvalue weighted by atomic mass is 32.2. The van der Waals surface area contributed by atoms with Gasteiger partial charge in [0.05, 0.1) is 5.60 Å². The lowest BCUT2D eigenvalue weighted by Crippen LogP contribution is -2.36. The Labute approximate surface area is 72.6 Å². The van der Waals surface area contributed by atoms with Gasteiger partial charge in [-0.2, -0.15) is 11.8 Å². The first-order chi connectivity index (χ1) is 5.31. The molecular formula is C9H16OS. The van der Waals surface area contributed by atoms with Crippen LogP contribution in [0.3, 0.4) is 0 Å². The molecule has 0 spiro atoms. The van der Waals surface area contributed by atoms with Crippen molar-refractivity contribution >= 4 is 11.8 Å². The van der Waals surface area contributed by atoms with Crippen molar-refractivity contribution in [2.75, 3.05) is 11.5 Å². The summed E-state index contributed by atoms with van der Waals surface area (Å²) in [6.07, 6.45) is 6.28. The Kier molecular flexibility index (Phi) is 2.15. The Morgan fingerprint density at radius 1 is 1.27 bits per heavy atom.